The summed E-state index contributed by atoms with van der Waals surface area (Å²) in [7, 11) is 0. The zero-order chi connectivity index (χ0) is 35.5. The van der Waals surface area contributed by atoms with Gasteiger partial charge in [-0.2, -0.15) is 0 Å². The third-order valence-electron chi connectivity index (χ3n) is 11.4. The van der Waals surface area contributed by atoms with Crippen molar-refractivity contribution in [3.05, 3.63) is 214 Å². The molecule has 0 amide bonds. The topological polar surface area (TPSA) is 48.5 Å². The van der Waals surface area contributed by atoms with Crippen LogP contribution in [0.1, 0.15) is 59.6 Å². The van der Waals surface area contributed by atoms with E-state index in [0.717, 1.165) is 39.3 Å². The Morgan fingerprint density at radius 3 is 2.06 bits per heavy atom. The molecule has 3 atom stereocenters. The fraction of sp³-hybridized carbons (Fsp3) is 0.122. The number of rotatable bonds is 5. The van der Waals surface area contributed by atoms with Crippen molar-refractivity contribution in [2.75, 3.05) is 0 Å². The van der Waals surface area contributed by atoms with Crippen molar-refractivity contribution >= 4 is 17.1 Å². The van der Waals surface area contributed by atoms with Crippen molar-refractivity contribution in [3.8, 4) is 22.3 Å². The lowest BCUT2D eigenvalue weighted by Crippen LogP contribution is -2.46. The average molecular weight is 685 g/mol. The van der Waals surface area contributed by atoms with Crippen LogP contribution in [0.5, 0.6) is 0 Å². The standard InChI is InChI=1S/C49H40N4/c1-49(2)42-23-13-11-20-38(42)41-30-33(25-26-43(41)49)34-27-35(45-40-22-10-9-19-37(40)39-21-12-14-24-44(39)50-45)29-36(28-34)48-52-46(31-15-5-3-6-16-31)51-47(53-48)32-17-7-4-8-18-32/h3-30,44,46-47,50-51H,1-2H3,(H,52,53). The summed E-state index contributed by atoms with van der Waals surface area (Å²) in [5, 5.41) is 14.0. The average Bonchev–Trinajstić information content (AvgIpc) is 3.46. The van der Waals surface area contributed by atoms with Crippen LogP contribution in [0.25, 0.3) is 33.5 Å². The Morgan fingerprint density at radius 1 is 0.547 bits per heavy atom. The van der Waals surface area contributed by atoms with Gasteiger partial charge in [-0.15, -0.1) is 0 Å². The molecular weight excluding hydrogens is 645 g/mol. The first kappa shape index (κ1) is 31.5. The quantitative estimate of drug-likeness (QED) is 0.171. The fourth-order valence-electron chi connectivity index (χ4n) is 8.65. The predicted molar refractivity (Wildman–Crippen MR) is 217 cm³/mol. The molecule has 0 saturated carbocycles. The summed E-state index contributed by atoms with van der Waals surface area (Å²) < 4.78 is 0. The van der Waals surface area contributed by atoms with Crippen LogP contribution in [0.3, 0.4) is 0 Å². The number of hydrogen-bond acceptors (Lipinski definition) is 4. The molecule has 3 N–H and O–H groups in total. The Bertz CT molecular complexity index is 2630. The first-order valence-electron chi connectivity index (χ1n) is 18.6. The van der Waals surface area contributed by atoms with E-state index in [-0.39, 0.29) is 23.8 Å². The van der Waals surface area contributed by atoms with Gasteiger partial charge in [-0.1, -0.05) is 159 Å². The van der Waals surface area contributed by atoms with E-state index < -0.39 is 0 Å². The molecule has 4 aliphatic rings. The zero-order valence-corrected chi connectivity index (χ0v) is 29.8. The summed E-state index contributed by atoms with van der Waals surface area (Å²) in [6, 6.07) is 52.9. The Kier molecular flexibility index (Phi) is 7.41. The summed E-state index contributed by atoms with van der Waals surface area (Å²) in [5.41, 5.74) is 14.6. The Labute approximate surface area is 310 Å². The van der Waals surface area contributed by atoms with Crippen LogP contribution in [0.15, 0.2) is 175 Å². The third-order valence-corrected chi connectivity index (χ3v) is 11.4. The van der Waals surface area contributed by atoms with Gasteiger partial charge in [-0.05, 0) is 85.1 Å². The number of nitrogens with zero attached hydrogens (tertiary/aromatic N) is 1. The van der Waals surface area contributed by atoms with E-state index in [0.29, 0.717) is 0 Å². The molecule has 2 heterocycles. The molecule has 0 bridgehead atoms. The molecule has 0 spiro atoms. The summed E-state index contributed by atoms with van der Waals surface area (Å²) in [6.45, 7) is 4.68. The van der Waals surface area contributed by atoms with Gasteiger partial charge in [0.05, 0.1) is 11.7 Å². The Morgan fingerprint density at radius 2 is 1.23 bits per heavy atom. The molecule has 3 unspecified atom stereocenters. The second-order valence-electron chi connectivity index (χ2n) is 14.9. The third kappa shape index (κ3) is 5.37. The highest BCUT2D eigenvalue weighted by atomic mass is 15.3. The number of benzene rings is 6. The smallest absolute Gasteiger partial charge is 0.131 e. The lowest BCUT2D eigenvalue weighted by atomic mass is 9.82. The highest BCUT2D eigenvalue weighted by Gasteiger charge is 2.35. The van der Waals surface area contributed by atoms with Crippen molar-refractivity contribution in [2.45, 2.75) is 37.6 Å². The molecule has 2 aliphatic carbocycles. The van der Waals surface area contributed by atoms with Crippen LogP contribution in [0.4, 0.5) is 0 Å². The van der Waals surface area contributed by atoms with Crippen LogP contribution in [0, 0.1) is 0 Å². The summed E-state index contributed by atoms with van der Waals surface area (Å²) in [6.07, 6.45) is 8.41. The van der Waals surface area contributed by atoms with Crippen molar-refractivity contribution in [1.29, 1.82) is 0 Å². The van der Waals surface area contributed by atoms with Crippen LogP contribution < -0.4 is 26.4 Å². The molecule has 0 fully saturated rings. The molecule has 10 rings (SSSR count). The fourth-order valence-corrected chi connectivity index (χ4v) is 8.65. The largest absolute Gasteiger partial charge is 0.374 e. The number of allylic oxidation sites excluding steroid dienone is 2. The maximum atomic E-state index is 5.38. The van der Waals surface area contributed by atoms with Gasteiger partial charge in [-0.3, -0.25) is 5.32 Å². The first-order valence-corrected chi connectivity index (χ1v) is 18.6. The maximum Gasteiger partial charge on any atom is 0.131 e. The maximum absolute atomic E-state index is 5.38. The molecule has 0 radical (unpaired) electrons. The molecular formula is C49H40N4. The summed E-state index contributed by atoms with van der Waals surface area (Å²) in [5.74, 6) is 0.861. The number of nitrogens with one attached hydrogen (secondary N) is 3. The molecule has 6 aromatic carbocycles. The second kappa shape index (κ2) is 12.5. The molecule has 53 heavy (non-hydrogen) atoms. The lowest BCUT2D eigenvalue weighted by Gasteiger charge is -2.32. The molecule has 0 saturated heterocycles. The van der Waals surface area contributed by atoms with Gasteiger partial charge in [0.1, 0.15) is 18.2 Å². The predicted octanol–water partition coefficient (Wildman–Crippen LogP) is 8.40. The first-order chi connectivity index (χ1) is 26.0. The number of aliphatic imine (C=N–C) groups is 1. The molecule has 4 heteroatoms. The summed E-state index contributed by atoms with van der Waals surface area (Å²) >= 11 is 0. The van der Waals surface area contributed by atoms with Gasteiger partial charge < -0.3 is 10.6 Å². The number of hydrogen-bond donors (Lipinski definition) is 3. The minimum absolute atomic E-state index is 0.0497. The normalized spacial score (nSPS) is 20.3. The van der Waals surface area contributed by atoms with Crippen LogP contribution >= 0.6 is 0 Å². The van der Waals surface area contributed by atoms with E-state index in [1.54, 1.807) is 0 Å². The van der Waals surface area contributed by atoms with Gasteiger partial charge in [0, 0.05) is 16.2 Å². The van der Waals surface area contributed by atoms with E-state index in [1.807, 2.05) is 0 Å². The molecule has 256 valence electrons. The SMILES string of the molecule is CC1(C)c2ccccc2-c2cc(-c3cc(C4=NC(c5ccccc5)NC(c5ccccc5)N4)cc(C4=c5ccccc5=C5C=CC=CC5N4)c3)ccc21. The Hall–Kier alpha value is -6.23. The van der Waals surface area contributed by atoms with E-state index >= 15 is 0 Å². The van der Waals surface area contributed by atoms with Crippen molar-refractivity contribution in [3.63, 3.8) is 0 Å². The van der Waals surface area contributed by atoms with Crippen LogP contribution in [0.2, 0.25) is 0 Å². The van der Waals surface area contributed by atoms with Crippen molar-refractivity contribution in [2.24, 2.45) is 4.99 Å². The molecule has 2 aliphatic heterocycles. The molecule has 0 aromatic heterocycles. The monoisotopic (exact) mass is 684 g/mol. The minimum atomic E-state index is -0.221. The molecule has 6 aromatic rings. The van der Waals surface area contributed by atoms with Gasteiger partial charge in [0.25, 0.3) is 0 Å². The number of amidine groups is 1. The van der Waals surface area contributed by atoms with E-state index in [1.165, 1.54) is 43.8 Å². The van der Waals surface area contributed by atoms with E-state index in [2.05, 4.69) is 200 Å². The minimum Gasteiger partial charge on any atom is -0.374 e. The summed E-state index contributed by atoms with van der Waals surface area (Å²) in [4.78, 5) is 5.38. The lowest BCUT2D eigenvalue weighted by molar-refractivity contribution is 0.409. The molecule has 4 nitrogen and oxygen atoms in total. The zero-order valence-electron chi connectivity index (χ0n) is 29.8. The van der Waals surface area contributed by atoms with Crippen molar-refractivity contribution < 1.29 is 0 Å². The van der Waals surface area contributed by atoms with Gasteiger partial charge in [0.2, 0.25) is 0 Å². The van der Waals surface area contributed by atoms with E-state index in [9.17, 15) is 0 Å². The highest BCUT2D eigenvalue weighted by molar-refractivity contribution is 6.02. The van der Waals surface area contributed by atoms with Gasteiger partial charge >= 0.3 is 0 Å². The van der Waals surface area contributed by atoms with Crippen LogP contribution in [-0.2, 0) is 5.41 Å². The van der Waals surface area contributed by atoms with Crippen LogP contribution in [-0.4, -0.2) is 11.9 Å². The second-order valence-corrected chi connectivity index (χ2v) is 14.9. The number of fused-ring (bicyclic) bond motifs is 5. The van der Waals surface area contributed by atoms with E-state index in [4.69, 9.17) is 4.99 Å². The van der Waals surface area contributed by atoms with Crippen molar-refractivity contribution in [1.82, 2.24) is 16.0 Å². The van der Waals surface area contributed by atoms with Gasteiger partial charge in [0.15, 0.2) is 0 Å². The highest BCUT2D eigenvalue weighted by Crippen LogP contribution is 2.49. The Balaban J connectivity index is 1.19. The van der Waals surface area contributed by atoms with Gasteiger partial charge in [-0.25, -0.2) is 4.99 Å².